The number of thiol groups is 1. The molecule has 0 spiro atoms. The minimum absolute atomic E-state index is 0.0582. The van der Waals surface area contributed by atoms with Gasteiger partial charge in [-0.25, -0.2) is 0 Å². The summed E-state index contributed by atoms with van der Waals surface area (Å²) in [4.78, 5) is 10.8. The normalized spacial score (nSPS) is 10.2. The maximum Gasteiger partial charge on any atom is 0.186 e. The average Bonchev–Trinajstić information content (AvgIpc) is 2.38. The molecule has 0 fully saturated rings. The Balaban J connectivity index is 2.11. The van der Waals surface area contributed by atoms with Gasteiger partial charge in [0.05, 0.1) is 0 Å². The molecule has 0 aliphatic carbocycles. The van der Waals surface area contributed by atoms with Gasteiger partial charge in [-0.1, -0.05) is 54.6 Å². The van der Waals surface area contributed by atoms with Crippen molar-refractivity contribution in [2.45, 2.75) is 12.8 Å². The molecule has 0 bridgehead atoms. The highest BCUT2D eigenvalue weighted by Gasteiger charge is 1.99. The molecule has 0 aliphatic heterocycles. The monoisotopic (exact) mass is 242 g/mol. The van der Waals surface area contributed by atoms with Crippen molar-refractivity contribution in [2.24, 2.45) is 0 Å². The quantitative estimate of drug-likeness (QED) is 0.808. The Morgan fingerprint density at radius 3 is 2.06 bits per heavy atom. The lowest BCUT2D eigenvalue weighted by Gasteiger charge is -2.03. The van der Waals surface area contributed by atoms with Crippen molar-refractivity contribution in [3.8, 4) is 11.1 Å². The van der Waals surface area contributed by atoms with Gasteiger partial charge < -0.3 is 0 Å². The van der Waals surface area contributed by atoms with Gasteiger partial charge in [0.25, 0.3) is 0 Å². The first kappa shape index (κ1) is 11.9. The third-order valence-electron chi connectivity index (χ3n) is 2.69. The third kappa shape index (κ3) is 3.46. The molecule has 2 rings (SSSR count). The van der Waals surface area contributed by atoms with Gasteiger partial charge in [0.2, 0.25) is 0 Å². The Morgan fingerprint density at radius 1 is 0.882 bits per heavy atom. The van der Waals surface area contributed by atoms with Crippen LogP contribution in [0.3, 0.4) is 0 Å². The van der Waals surface area contributed by atoms with Gasteiger partial charge in [-0.15, -0.1) is 12.6 Å². The topological polar surface area (TPSA) is 17.1 Å². The van der Waals surface area contributed by atoms with E-state index in [9.17, 15) is 4.79 Å². The summed E-state index contributed by atoms with van der Waals surface area (Å²) < 4.78 is 0. The van der Waals surface area contributed by atoms with Crippen LogP contribution in [0.15, 0.2) is 54.6 Å². The molecular formula is C15H14OS. The van der Waals surface area contributed by atoms with E-state index < -0.39 is 0 Å². The standard InChI is InChI=1S/C15H14OS/c16-15(17)11-8-12-6-9-14(10-7-12)13-4-2-1-3-5-13/h1-7,9-10H,8,11H2,(H,16,17). The smallest absolute Gasteiger partial charge is 0.186 e. The number of hydrogen-bond acceptors (Lipinski definition) is 1. The highest BCUT2D eigenvalue weighted by Crippen LogP contribution is 2.19. The maximum absolute atomic E-state index is 10.8. The molecule has 0 saturated carbocycles. The van der Waals surface area contributed by atoms with Crippen LogP contribution in [0, 0.1) is 0 Å². The second-order valence-electron chi connectivity index (χ2n) is 3.96. The summed E-state index contributed by atoms with van der Waals surface area (Å²) in [6.07, 6.45) is 1.26. The van der Waals surface area contributed by atoms with E-state index in [4.69, 9.17) is 0 Å². The number of hydrogen-bond donors (Lipinski definition) is 1. The van der Waals surface area contributed by atoms with E-state index in [0.29, 0.717) is 6.42 Å². The summed E-state index contributed by atoms with van der Waals surface area (Å²) in [5.41, 5.74) is 3.59. The van der Waals surface area contributed by atoms with Gasteiger partial charge in [0.15, 0.2) is 5.12 Å². The summed E-state index contributed by atoms with van der Waals surface area (Å²) in [6.45, 7) is 0. The molecule has 1 nitrogen and oxygen atoms in total. The fraction of sp³-hybridized carbons (Fsp3) is 0.133. The van der Waals surface area contributed by atoms with Crippen LogP contribution in [-0.4, -0.2) is 5.12 Å². The molecule has 0 radical (unpaired) electrons. The predicted molar refractivity (Wildman–Crippen MR) is 74.2 cm³/mol. The van der Waals surface area contributed by atoms with Crippen molar-refractivity contribution >= 4 is 17.7 Å². The lowest BCUT2D eigenvalue weighted by atomic mass is 10.0. The van der Waals surface area contributed by atoms with Crippen molar-refractivity contribution < 1.29 is 4.79 Å². The van der Waals surface area contributed by atoms with E-state index in [1.807, 2.05) is 18.2 Å². The summed E-state index contributed by atoms with van der Waals surface area (Å²) >= 11 is 3.77. The van der Waals surface area contributed by atoms with E-state index in [1.54, 1.807) is 0 Å². The Kier molecular flexibility index (Phi) is 3.99. The molecule has 2 heteroatoms. The summed E-state index contributed by atoms with van der Waals surface area (Å²) in [5.74, 6) is 0. The largest absolute Gasteiger partial charge is 0.287 e. The van der Waals surface area contributed by atoms with E-state index >= 15 is 0 Å². The number of benzene rings is 2. The number of carbonyl (C=O) groups is 1. The Bertz CT molecular complexity index is 488. The molecular weight excluding hydrogens is 228 g/mol. The number of carbonyl (C=O) groups excluding carboxylic acids is 1. The minimum Gasteiger partial charge on any atom is -0.287 e. The molecule has 0 aliphatic rings. The van der Waals surface area contributed by atoms with E-state index in [2.05, 4.69) is 49.0 Å². The van der Waals surface area contributed by atoms with Crippen LogP contribution in [-0.2, 0) is 11.2 Å². The van der Waals surface area contributed by atoms with Crippen LogP contribution in [0.2, 0.25) is 0 Å². The van der Waals surface area contributed by atoms with Crippen LogP contribution < -0.4 is 0 Å². The van der Waals surface area contributed by atoms with Crippen molar-refractivity contribution in [1.29, 1.82) is 0 Å². The lowest BCUT2D eigenvalue weighted by Crippen LogP contribution is -1.91. The Morgan fingerprint density at radius 2 is 1.47 bits per heavy atom. The van der Waals surface area contributed by atoms with Gasteiger partial charge in [0.1, 0.15) is 0 Å². The SMILES string of the molecule is O=C(S)CCc1ccc(-c2ccccc2)cc1. The van der Waals surface area contributed by atoms with E-state index in [0.717, 1.165) is 6.42 Å². The van der Waals surface area contributed by atoms with Crippen molar-refractivity contribution in [1.82, 2.24) is 0 Å². The van der Waals surface area contributed by atoms with Gasteiger partial charge in [-0.2, -0.15) is 0 Å². The van der Waals surface area contributed by atoms with Gasteiger partial charge in [-0.3, -0.25) is 4.79 Å². The van der Waals surface area contributed by atoms with Gasteiger partial charge in [0, 0.05) is 6.42 Å². The third-order valence-corrected chi connectivity index (χ3v) is 2.91. The zero-order valence-corrected chi connectivity index (χ0v) is 10.4. The summed E-state index contributed by atoms with van der Waals surface area (Å²) in [5, 5.41) is -0.0582. The maximum atomic E-state index is 10.8. The van der Waals surface area contributed by atoms with Crippen molar-refractivity contribution in [2.75, 3.05) is 0 Å². The number of aryl methyl sites for hydroxylation is 1. The molecule has 0 unspecified atom stereocenters. The average molecular weight is 242 g/mol. The Hall–Kier alpha value is -1.54. The van der Waals surface area contributed by atoms with Gasteiger partial charge >= 0.3 is 0 Å². The van der Waals surface area contributed by atoms with Crippen LogP contribution in [0.25, 0.3) is 11.1 Å². The second-order valence-corrected chi connectivity index (χ2v) is 4.46. The molecule has 0 saturated heterocycles. The first-order valence-electron chi connectivity index (χ1n) is 5.62. The lowest BCUT2D eigenvalue weighted by molar-refractivity contribution is -0.110. The van der Waals surface area contributed by atoms with E-state index in [1.165, 1.54) is 16.7 Å². The highest BCUT2D eigenvalue weighted by atomic mass is 32.1. The van der Waals surface area contributed by atoms with Gasteiger partial charge in [-0.05, 0) is 23.1 Å². The molecule has 2 aromatic carbocycles. The first-order valence-corrected chi connectivity index (χ1v) is 6.06. The Labute approximate surface area is 107 Å². The zero-order chi connectivity index (χ0) is 12.1. The molecule has 2 aromatic rings. The van der Waals surface area contributed by atoms with Crippen LogP contribution in [0.5, 0.6) is 0 Å². The summed E-state index contributed by atoms with van der Waals surface area (Å²) in [6, 6.07) is 18.6. The molecule has 0 heterocycles. The molecule has 0 amide bonds. The fourth-order valence-electron chi connectivity index (χ4n) is 1.75. The van der Waals surface area contributed by atoms with Crippen LogP contribution in [0.1, 0.15) is 12.0 Å². The second kappa shape index (κ2) is 5.69. The zero-order valence-electron chi connectivity index (χ0n) is 9.47. The highest BCUT2D eigenvalue weighted by molar-refractivity contribution is 7.96. The first-order chi connectivity index (χ1) is 8.25. The summed E-state index contributed by atoms with van der Waals surface area (Å²) in [7, 11) is 0. The van der Waals surface area contributed by atoms with Crippen LogP contribution in [0.4, 0.5) is 0 Å². The molecule has 0 aromatic heterocycles. The predicted octanol–water partition coefficient (Wildman–Crippen LogP) is 3.74. The van der Waals surface area contributed by atoms with Crippen molar-refractivity contribution in [3.63, 3.8) is 0 Å². The molecule has 0 atom stereocenters. The van der Waals surface area contributed by atoms with Crippen molar-refractivity contribution in [3.05, 3.63) is 60.2 Å². The molecule has 86 valence electrons. The minimum atomic E-state index is -0.0582. The molecule has 17 heavy (non-hydrogen) atoms. The van der Waals surface area contributed by atoms with E-state index in [-0.39, 0.29) is 5.12 Å². The fourth-order valence-corrected chi connectivity index (χ4v) is 1.86. The van der Waals surface area contributed by atoms with Crippen LogP contribution >= 0.6 is 12.6 Å². The molecule has 0 N–H and O–H groups in total. The number of rotatable bonds is 4.